The molecule has 1 aliphatic rings. The number of hydrogen-bond acceptors (Lipinski definition) is 3. The van der Waals surface area contributed by atoms with Crippen molar-refractivity contribution >= 4 is 22.4 Å². The number of rotatable bonds is 2. The van der Waals surface area contributed by atoms with E-state index in [1.807, 2.05) is 36.4 Å². The minimum absolute atomic E-state index is 0.121. The Morgan fingerprint density at radius 2 is 2.06 bits per heavy atom. The van der Waals surface area contributed by atoms with Crippen molar-refractivity contribution in [3.63, 3.8) is 0 Å². The third-order valence-electron chi connectivity index (χ3n) is 3.13. The number of carbonyl (C=O) groups excluding carboxylic acids is 1. The minimum Gasteiger partial charge on any atom is -0.478 e. The molecule has 4 nitrogen and oxygen atoms in total. The van der Waals surface area contributed by atoms with E-state index in [2.05, 4.69) is 5.32 Å². The Hall–Kier alpha value is -2.07. The third kappa shape index (κ3) is 1.71. The summed E-state index contributed by atoms with van der Waals surface area (Å²) < 4.78 is 5.70. The number of anilines is 1. The summed E-state index contributed by atoms with van der Waals surface area (Å²) in [6, 6.07) is 11.8. The average Bonchev–Trinajstić information content (AvgIpc) is 2.40. The van der Waals surface area contributed by atoms with Crippen LogP contribution in [0.4, 0.5) is 5.69 Å². The molecule has 4 heteroatoms. The lowest BCUT2D eigenvalue weighted by Gasteiger charge is -2.26. The predicted molar refractivity (Wildman–Crippen MR) is 70.7 cm³/mol. The molecule has 0 saturated heterocycles. The van der Waals surface area contributed by atoms with E-state index in [0.717, 1.165) is 16.5 Å². The zero-order chi connectivity index (χ0) is 12.5. The number of carbonyl (C=O) groups is 1. The Morgan fingerprint density at radius 1 is 1.22 bits per heavy atom. The first-order valence-corrected chi connectivity index (χ1v) is 5.99. The van der Waals surface area contributed by atoms with Gasteiger partial charge in [-0.1, -0.05) is 30.3 Å². The predicted octanol–water partition coefficient (Wildman–Crippen LogP) is 1.89. The Morgan fingerprint density at radius 3 is 2.89 bits per heavy atom. The van der Waals surface area contributed by atoms with Crippen molar-refractivity contribution in [1.82, 2.24) is 0 Å². The summed E-state index contributed by atoms with van der Waals surface area (Å²) in [5, 5.41) is 4.99. The van der Waals surface area contributed by atoms with Gasteiger partial charge in [0.25, 0.3) is 5.91 Å². The molecule has 1 aliphatic heterocycles. The van der Waals surface area contributed by atoms with Crippen LogP contribution in [0.25, 0.3) is 10.8 Å². The second-order valence-electron chi connectivity index (χ2n) is 4.33. The van der Waals surface area contributed by atoms with Crippen molar-refractivity contribution in [2.75, 3.05) is 11.9 Å². The van der Waals surface area contributed by atoms with Gasteiger partial charge < -0.3 is 15.8 Å². The maximum atomic E-state index is 11.9. The molecule has 0 aliphatic carbocycles. The maximum Gasteiger partial charge on any atom is 0.265 e. The number of benzene rings is 2. The number of fused-ring (bicyclic) bond motifs is 3. The van der Waals surface area contributed by atoms with Crippen molar-refractivity contribution in [3.05, 3.63) is 36.4 Å². The molecule has 3 N–H and O–H groups in total. The molecule has 0 bridgehead atoms. The SMILES string of the molecule is NCCC1Oc2ccc3ccccc3c2NC1=O. The second kappa shape index (κ2) is 4.31. The molecule has 0 fully saturated rings. The first-order chi connectivity index (χ1) is 8.79. The van der Waals surface area contributed by atoms with Crippen molar-refractivity contribution in [1.29, 1.82) is 0 Å². The normalized spacial score (nSPS) is 18.1. The first-order valence-electron chi connectivity index (χ1n) is 5.99. The largest absolute Gasteiger partial charge is 0.478 e. The Kier molecular flexibility index (Phi) is 2.64. The molecule has 3 rings (SSSR count). The van der Waals surface area contributed by atoms with Gasteiger partial charge in [0, 0.05) is 11.8 Å². The van der Waals surface area contributed by atoms with E-state index in [1.165, 1.54) is 0 Å². The lowest BCUT2D eigenvalue weighted by molar-refractivity contribution is -0.123. The molecular formula is C14H14N2O2. The highest BCUT2D eigenvalue weighted by Crippen LogP contribution is 2.36. The number of nitrogens with one attached hydrogen (secondary N) is 1. The molecule has 0 spiro atoms. The zero-order valence-electron chi connectivity index (χ0n) is 9.85. The van der Waals surface area contributed by atoms with Crippen molar-refractivity contribution < 1.29 is 9.53 Å². The van der Waals surface area contributed by atoms with E-state index >= 15 is 0 Å². The molecule has 1 heterocycles. The van der Waals surface area contributed by atoms with E-state index in [1.54, 1.807) is 0 Å². The third-order valence-corrected chi connectivity index (χ3v) is 3.13. The van der Waals surface area contributed by atoms with Gasteiger partial charge in [-0.15, -0.1) is 0 Å². The van der Waals surface area contributed by atoms with Crippen molar-refractivity contribution in [3.8, 4) is 5.75 Å². The van der Waals surface area contributed by atoms with Crippen LogP contribution in [0, 0.1) is 0 Å². The number of amides is 1. The van der Waals surface area contributed by atoms with Crippen molar-refractivity contribution in [2.24, 2.45) is 5.73 Å². The monoisotopic (exact) mass is 242 g/mol. The molecule has 18 heavy (non-hydrogen) atoms. The highest BCUT2D eigenvalue weighted by atomic mass is 16.5. The quantitative estimate of drug-likeness (QED) is 0.845. The molecule has 0 radical (unpaired) electrons. The number of nitrogens with two attached hydrogens (primary N) is 1. The lowest BCUT2D eigenvalue weighted by Crippen LogP contribution is -2.38. The maximum absolute atomic E-state index is 11.9. The highest BCUT2D eigenvalue weighted by Gasteiger charge is 2.27. The van der Waals surface area contributed by atoms with Crippen molar-refractivity contribution in [2.45, 2.75) is 12.5 Å². The van der Waals surface area contributed by atoms with E-state index in [0.29, 0.717) is 18.7 Å². The molecule has 0 aromatic heterocycles. The van der Waals surface area contributed by atoms with Gasteiger partial charge in [0.1, 0.15) is 5.75 Å². The lowest BCUT2D eigenvalue weighted by atomic mass is 10.1. The summed E-state index contributed by atoms with van der Waals surface area (Å²) in [5.41, 5.74) is 6.23. The van der Waals surface area contributed by atoms with Gasteiger partial charge in [0.05, 0.1) is 5.69 Å². The van der Waals surface area contributed by atoms with Crippen LogP contribution in [0.3, 0.4) is 0 Å². The molecule has 2 aromatic rings. The topological polar surface area (TPSA) is 64.3 Å². The van der Waals surface area contributed by atoms with Gasteiger partial charge in [-0.05, 0) is 18.0 Å². The van der Waals surface area contributed by atoms with Crippen LogP contribution in [0.1, 0.15) is 6.42 Å². The fraction of sp³-hybridized carbons (Fsp3) is 0.214. The van der Waals surface area contributed by atoms with Gasteiger partial charge in [0.2, 0.25) is 0 Å². The van der Waals surface area contributed by atoms with Crippen LogP contribution in [0.15, 0.2) is 36.4 Å². The van der Waals surface area contributed by atoms with E-state index < -0.39 is 6.10 Å². The van der Waals surface area contributed by atoms with Crippen LogP contribution >= 0.6 is 0 Å². The van der Waals surface area contributed by atoms with Crippen LogP contribution < -0.4 is 15.8 Å². The van der Waals surface area contributed by atoms with Gasteiger partial charge in [-0.25, -0.2) is 0 Å². The molecule has 1 atom stereocenters. The number of hydrogen-bond donors (Lipinski definition) is 2. The summed E-state index contributed by atoms with van der Waals surface area (Å²) in [6.45, 7) is 0.432. The molecule has 92 valence electrons. The minimum atomic E-state index is -0.483. The smallest absolute Gasteiger partial charge is 0.265 e. The summed E-state index contributed by atoms with van der Waals surface area (Å²) in [6.07, 6.45) is 0.0432. The van der Waals surface area contributed by atoms with Crippen LogP contribution in [0.2, 0.25) is 0 Å². The van der Waals surface area contributed by atoms with Gasteiger partial charge in [-0.2, -0.15) is 0 Å². The zero-order valence-corrected chi connectivity index (χ0v) is 9.85. The molecule has 1 amide bonds. The van der Waals surface area contributed by atoms with Crippen LogP contribution in [0.5, 0.6) is 5.75 Å². The molecular weight excluding hydrogens is 228 g/mol. The summed E-state index contributed by atoms with van der Waals surface area (Å²) in [7, 11) is 0. The Balaban J connectivity index is 2.08. The molecule has 0 saturated carbocycles. The second-order valence-corrected chi connectivity index (χ2v) is 4.33. The van der Waals surface area contributed by atoms with E-state index in [9.17, 15) is 4.79 Å². The van der Waals surface area contributed by atoms with E-state index in [4.69, 9.17) is 10.5 Å². The standard InChI is InChI=1S/C14H14N2O2/c15-8-7-12-14(17)16-13-10-4-2-1-3-9(10)5-6-11(13)18-12/h1-6,12H,7-8,15H2,(H,16,17). The van der Waals surface area contributed by atoms with Gasteiger partial charge in [-0.3, -0.25) is 4.79 Å². The van der Waals surface area contributed by atoms with Gasteiger partial charge in [0.15, 0.2) is 6.10 Å². The highest BCUT2D eigenvalue weighted by molar-refractivity contribution is 6.07. The van der Waals surface area contributed by atoms with E-state index in [-0.39, 0.29) is 5.91 Å². The first kappa shape index (κ1) is 11.0. The summed E-state index contributed by atoms with van der Waals surface area (Å²) >= 11 is 0. The summed E-state index contributed by atoms with van der Waals surface area (Å²) in [4.78, 5) is 11.9. The molecule has 2 aromatic carbocycles. The Bertz CT molecular complexity index is 610. The fourth-order valence-electron chi connectivity index (χ4n) is 2.23. The number of ether oxygens (including phenoxy) is 1. The summed E-state index contributed by atoms with van der Waals surface area (Å²) in [5.74, 6) is 0.594. The van der Waals surface area contributed by atoms with Crippen LogP contribution in [-0.2, 0) is 4.79 Å². The van der Waals surface area contributed by atoms with Crippen LogP contribution in [-0.4, -0.2) is 18.6 Å². The fourth-order valence-corrected chi connectivity index (χ4v) is 2.23. The average molecular weight is 242 g/mol. The van der Waals surface area contributed by atoms with Gasteiger partial charge >= 0.3 is 0 Å². The Labute approximate surface area is 105 Å². The molecule has 1 unspecified atom stereocenters.